The number of amides is 2. The number of benzene rings is 1. The molecular weight excluding hydrogens is 300 g/mol. The van der Waals surface area contributed by atoms with Crippen LogP contribution < -0.4 is 5.32 Å². The molecule has 0 fully saturated rings. The Kier molecular flexibility index (Phi) is 6.88. The molecule has 0 aliphatic rings. The maximum Gasteiger partial charge on any atom is 0.225 e. The number of halogens is 1. The van der Waals surface area contributed by atoms with Gasteiger partial charge in [-0.2, -0.15) is 0 Å². The molecule has 1 aromatic rings. The average molecular weight is 325 g/mol. The topological polar surface area (TPSA) is 49.4 Å². The Morgan fingerprint density at radius 2 is 1.91 bits per heavy atom. The number of carbonyl (C=O) groups is 2. The van der Waals surface area contributed by atoms with Crippen LogP contribution in [0.4, 0.5) is 0 Å². The van der Waals surface area contributed by atoms with E-state index in [1.165, 1.54) is 0 Å². The van der Waals surface area contributed by atoms with Crippen molar-refractivity contribution >= 4 is 23.4 Å². The maximum absolute atomic E-state index is 11.8. The maximum atomic E-state index is 11.8. The monoisotopic (exact) mass is 324 g/mol. The Balaban J connectivity index is 2.46. The van der Waals surface area contributed by atoms with E-state index in [2.05, 4.69) is 5.32 Å². The zero-order valence-electron chi connectivity index (χ0n) is 13.8. The van der Waals surface area contributed by atoms with Crippen LogP contribution in [0.1, 0.15) is 33.3 Å². The van der Waals surface area contributed by atoms with Gasteiger partial charge in [0.2, 0.25) is 11.8 Å². The molecule has 1 aromatic carbocycles. The Morgan fingerprint density at radius 3 is 2.45 bits per heavy atom. The molecule has 0 saturated heterocycles. The van der Waals surface area contributed by atoms with Gasteiger partial charge in [-0.15, -0.1) is 0 Å². The zero-order valence-corrected chi connectivity index (χ0v) is 14.5. The van der Waals surface area contributed by atoms with Crippen molar-refractivity contribution in [1.82, 2.24) is 10.2 Å². The lowest BCUT2D eigenvalue weighted by Gasteiger charge is -2.23. The van der Waals surface area contributed by atoms with Crippen molar-refractivity contribution in [2.75, 3.05) is 19.6 Å². The quantitative estimate of drug-likeness (QED) is 0.874. The third-order valence-electron chi connectivity index (χ3n) is 3.35. The van der Waals surface area contributed by atoms with Gasteiger partial charge in [-0.1, -0.05) is 44.5 Å². The van der Waals surface area contributed by atoms with Crippen LogP contribution in [-0.2, 0) is 16.0 Å². The van der Waals surface area contributed by atoms with E-state index >= 15 is 0 Å². The molecule has 122 valence electrons. The second-order valence-electron chi connectivity index (χ2n) is 6.39. The zero-order chi connectivity index (χ0) is 16.8. The van der Waals surface area contributed by atoms with Crippen molar-refractivity contribution in [3.8, 4) is 0 Å². The Bertz CT molecular complexity index is 524. The first-order chi connectivity index (χ1) is 10.2. The van der Waals surface area contributed by atoms with Gasteiger partial charge >= 0.3 is 0 Å². The molecule has 0 heterocycles. The molecule has 2 amide bonds. The van der Waals surface area contributed by atoms with Crippen molar-refractivity contribution < 1.29 is 9.59 Å². The van der Waals surface area contributed by atoms with E-state index in [1.807, 2.05) is 45.0 Å². The number of nitrogens with one attached hydrogen (secondary N) is 1. The summed E-state index contributed by atoms with van der Waals surface area (Å²) < 4.78 is 0. The second kappa shape index (κ2) is 8.18. The van der Waals surface area contributed by atoms with Gasteiger partial charge in [0.25, 0.3) is 0 Å². The van der Waals surface area contributed by atoms with Gasteiger partial charge in [0.1, 0.15) is 0 Å². The average Bonchev–Trinajstić information content (AvgIpc) is 2.40. The van der Waals surface area contributed by atoms with E-state index in [1.54, 1.807) is 11.8 Å². The summed E-state index contributed by atoms with van der Waals surface area (Å²) in [7, 11) is 0. The molecule has 0 aliphatic heterocycles. The molecule has 0 atom stereocenters. The number of rotatable bonds is 6. The van der Waals surface area contributed by atoms with Gasteiger partial charge < -0.3 is 10.2 Å². The van der Waals surface area contributed by atoms with Crippen LogP contribution in [0, 0.1) is 5.41 Å². The fraction of sp³-hybridized carbons (Fsp3) is 0.529. The first-order valence-electron chi connectivity index (χ1n) is 7.48. The number of nitrogens with zero attached hydrogens (tertiary/aromatic N) is 1. The van der Waals surface area contributed by atoms with Crippen LogP contribution >= 0.6 is 11.6 Å². The number of carbonyl (C=O) groups excluding carboxylic acids is 2. The molecule has 0 aliphatic carbocycles. The number of hydrogen-bond donors (Lipinski definition) is 1. The Morgan fingerprint density at radius 1 is 1.23 bits per heavy atom. The van der Waals surface area contributed by atoms with Gasteiger partial charge in [0, 0.05) is 37.0 Å². The van der Waals surface area contributed by atoms with Crippen LogP contribution in [0.15, 0.2) is 24.3 Å². The van der Waals surface area contributed by atoms with Gasteiger partial charge in [-0.25, -0.2) is 0 Å². The molecule has 0 spiro atoms. The molecule has 5 heteroatoms. The van der Waals surface area contributed by atoms with Crippen LogP contribution in [0.5, 0.6) is 0 Å². The van der Waals surface area contributed by atoms with Crippen LogP contribution in [-0.4, -0.2) is 36.3 Å². The Labute approximate surface area is 137 Å². The molecule has 0 bridgehead atoms. The van der Waals surface area contributed by atoms with Crippen molar-refractivity contribution in [1.29, 1.82) is 0 Å². The highest BCUT2D eigenvalue weighted by molar-refractivity contribution is 6.30. The van der Waals surface area contributed by atoms with E-state index in [9.17, 15) is 9.59 Å². The first-order valence-corrected chi connectivity index (χ1v) is 7.86. The smallest absolute Gasteiger partial charge is 0.225 e. The van der Waals surface area contributed by atoms with E-state index in [-0.39, 0.29) is 11.8 Å². The fourth-order valence-corrected chi connectivity index (χ4v) is 2.17. The summed E-state index contributed by atoms with van der Waals surface area (Å²) >= 11 is 5.96. The normalized spacial score (nSPS) is 11.1. The third-order valence-corrected chi connectivity index (χ3v) is 3.59. The molecule has 4 nitrogen and oxygen atoms in total. The molecule has 1 rings (SSSR count). The minimum absolute atomic E-state index is 0.00651. The highest BCUT2D eigenvalue weighted by Gasteiger charge is 2.20. The van der Waals surface area contributed by atoms with E-state index < -0.39 is 5.41 Å². The molecule has 0 unspecified atom stereocenters. The van der Waals surface area contributed by atoms with Crippen LogP contribution in [0.25, 0.3) is 0 Å². The molecule has 22 heavy (non-hydrogen) atoms. The summed E-state index contributed by atoms with van der Waals surface area (Å²) in [6.07, 6.45) is 0.743. The lowest BCUT2D eigenvalue weighted by molar-refractivity contribution is -0.131. The molecule has 0 radical (unpaired) electrons. The third kappa shape index (κ3) is 6.48. The van der Waals surface area contributed by atoms with Gasteiger partial charge in [0.05, 0.1) is 0 Å². The predicted octanol–water partition coefficient (Wildman–Crippen LogP) is 2.89. The first kappa shape index (κ1) is 18.5. The summed E-state index contributed by atoms with van der Waals surface area (Å²) in [4.78, 5) is 25.2. The second-order valence-corrected chi connectivity index (χ2v) is 6.83. The molecule has 1 N–H and O–H groups in total. The van der Waals surface area contributed by atoms with Crippen molar-refractivity contribution in [2.24, 2.45) is 5.41 Å². The van der Waals surface area contributed by atoms with Crippen LogP contribution in [0.2, 0.25) is 5.02 Å². The van der Waals surface area contributed by atoms with Crippen molar-refractivity contribution in [2.45, 2.75) is 34.1 Å². The van der Waals surface area contributed by atoms with Crippen LogP contribution in [0.3, 0.4) is 0 Å². The lowest BCUT2D eigenvalue weighted by atomic mass is 9.96. The molecular formula is C17H25ClN2O2. The molecule has 0 aromatic heterocycles. The summed E-state index contributed by atoms with van der Waals surface area (Å²) in [5.74, 6) is -0.00196. The predicted molar refractivity (Wildman–Crippen MR) is 89.9 cm³/mol. The summed E-state index contributed by atoms with van der Waals surface area (Å²) in [6.45, 7) is 8.73. The SMILES string of the molecule is CC(=O)N(CCNC(=O)C(C)(C)C)CCc1cccc(Cl)c1. The molecule has 0 saturated carbocycles. The number of hydrogen-bond acceptors (Lipinski definition) is 2. The standard InChI is InChI=1S/C17H25ClN2O2/c1-13(21)20(11-9-19-16(22)17(2,3)4)10-8-14-6-5-7-15(18)12-14/h5-7,12H,8-11H2,1-4H3,(H,19,22). The van der Waals surface area contributed by atoms with E-state index in [0.717, 1.165) is 12.0 Å². The van der Waals surface area contributed by atoms with Crippen molar-refractivity contribution in [3.63, 3.8) is 0 Å². The van der Waals surface area contributed by atoms with Crippen molar-refractivity contribution in [3.05, 3.63) is 34.9 Å². The summed E-state index contributed by atoms with van der Waals surface area (Å²) in [6, 6.07) is 7.63. The summed E-state index contributed by atoms with van der Waals surface area (Å²) in [5, 5.41) is 3.56. The van der Waals surface area contributed by atoms with E-state index in [4.69, 9.17) is 11.6 Å². The van der Waals surface area contributed by atoms with Gasteiger partial charge in [-0.3, -0.25) is 9.59 Å². The van der Waals surface area contributed by atoms with E-state index in [0.29, 0.717) is 24.7 Å². The van der Waals surface area contributed by atoms with Gasteiger partial charge in [0.15, 0.2) is 0 Å². The largest absolute Gasteiger partial charge is 0.354 e. The summed E-state index contributed by atoms with van der Waals surface area (Å²) in [5.41, 5.74) is 0.680. The minimum atomic E-state index is -0.415. The Hall–Kier alpha value is -1.55. The van der Waals surface area contributed by atoms with Gasteiger partial charge in [-0.05, 0) is 24.1 Å². The lowest BCUT2D eigenvalue weighted by Crippen LogP contribution is -2.41. The highest BCUT2D eigenvalue weighted by atomic mass is 35.5. The highest BCUT2D eigenvalue weighted by Crippen LogP contribution is 2.13. The minimum Gasteiger partial charge on any atom is -0.354 e. The fourth-order valence-electron chi connectivity index (χ4n) is 1.95.